The largest absolute Gasteiger partial charge is 0.446 e. The number of benzene rings is 1. The summed E-state index contributed by atoms with van der Waals surface area (Å²) in [6, 6.07) is 7.84. The number of carbonyl (C=O) groups is 2. The Kier molecular flexibility index (Phi) is 7.90. The van der Waals surface area contributed by atoms with Crippen LogP contribution in [0.3, 0.4) is 0 Å². The lowest BCUT2D eigenvalue weighted by molar-refractivity contribution is 0.0850. The van der Waals surface area contributed by atoms with Gasteiger partial charge in [0.1, 0.15) is 12.7 Å². The molecule has 0 aromatic heterocycles. The van der Waals surface area contributed by atoms with Gasteiger partial charge >= 0.3 is 6.09 Å². The van der Waals surface area contributed by atoms with Gasteiger partial charge in [0.15, 0.2) is 5.84 Å². The summed E-state index contributed by atoms with van der Waals surface area (Å²) >= 11 is 0. The van der Waals surface area contributed by atoms with E-state index < -0.39 is 17.8 Å². The van der Waals surface area contributed by atoms with Crippen molar-refractivity contribution in [3.8, 4) is 6.07 Å². The van der Waals surface area contributed by atoms with Crippen LogP contribution in [-0.4, -0.2) is 43.9 Å². The first-order valence-corrected chi connectivity index (χ1v) is 6.88. The highest BCUT2D eigenvalue weighted by Gasteiger charge is 2.12. The van der Waals surface area contributed by atoms with Crippen molar-refractivity contribution in [3.05, 3.63) is 29.8 Å². The summed E-state index contributed by atoms with van der Waals surface area (Å²) in [6.07, 6.45) is -0.850. The predicted molar refractivity (Wildman–Crippen MR) is 88.9 cm³/mol. The Bertz CT molecular complexity index is 711. The minimum Gasteiger partial charge on any atom is -0.446 e. The number of amides is 2. The second kappa shape index (κ2) is 10.2. The van der Waals surface area contributed by atoms with Gasteiger partial charge in [-0.05, 0) is 12.1 Å². The molecule has 0 spiro atoms. The van der Waals surface area contributed by atoms with Crippen molar-refractivity contribution in [1.82, 2.24) is 10.9 Å². The van der Waals surface area contributed by atoms with E-state index in [-0.39, 0.29) is 30.2 Å². The van der Waals surface area contributed by atoms with Gasteiger partial charge in [-0.25, -0.2) is 10.2 Å². The molecule has 0 fully saturated rings. The molecule has 25 heavy (non-hydrogen) atoms. The van der Waals surface area contributed by atoms with Gasteiger partial charge in [0.2, 0.25) is 5.71 Å². The normalized spacial score (nSPS) is 10.3. The number of ether oxygens (including phenoxy) is 2. The molecule has 0 saturated carbocycles. The summed E-state index contributed by atoms with van der Waals surface area (Å²) in [5.74, 6) is -1.17. The lowest BCUT2D eigenvalue weighted by atomic mass is 10.2. The Balaban J connectivity index is 2.72. The van der Waals surface area contributed by atoms with Crippen LogP contribution in [0.5, 0.6) is 0 Å². The van der Waals surface area contributed by atoms with Gasteiger partial charge < -0.3 is 15.2 Å². The molecule has 11 nitrogen and oxygen atoms in total. The molecule has 132 valence electrons. The first kappa shape index (κ1) is 19.4. The van der Waals surface area contributed by atoms with Gasteiger partial charge in [0, 0.05) is 7.11 Å². The van der Waals surface area contributed by atoms with Crippen LogP contribution in [-0.2, 0) is 9.47 Å². The van der Waals surface area contributed by atoms with Crippen LogP contribution in [0.1, 0.15) is 10.4 Å². The van der Waals surface area contributed by atoms with Crippen LogP contribution < -0.4 is 22.0 Å². The topological polar surface area (TPSA) is 175 Å². The van der Waals surface area contributed by atoms with E-state index in [1.807, 2.05) is 0 Å². The van der Waals surface area contributed by atoms with Crippen LogP contribution >= 0.6 is 0 Å². The highest BCUT2D eigenvalue weighted by atomic mass is 16.6. The summed E-state index contributed by atoms with van der Waals surface area (Å²) in [5.41, 5.74) is 11.9. The van der Waals surface area contributed by atoms with E-state index in [4.69, 9.17) is 25.9 Å². The second-order valence-corrected chi connectivity index (χ2v) is 4.35. The number of rotatable bonds is 7. The third-order valence-corrected chi connectivity index (χ3v) is 2.62. The van der Waals surface area contributed by atoms with Crippen LogP contribution in [0.15, 0.2) is 29.4 Å². The number of methoxy groups -OCH3 is 1. The third-order valence-electron chi connectivity index (χ3n) is 2.62. The van der Waals surface area contributed by atoms with Crippen LogP contribution in [0.25, 0.3) is 0 Å². The molecule has 0 aliphatic heterocycles. The number of para-hydroxylation sites is 1. The maximum absolute atomic E-state index is 12.1. The van der Waals surface area contributed by atoms with E-state index in [1.54, 1.807) is 18.2 Å². The maximum Gasteiger partial charge on any atom is 0.426 e. The summed E-state index contributed by atoms with van der Waals surface area (Å²) in [7, 11) is 1.46. The van der Waals surface area contributed by atoms with Crippen molar-refractivity contribution in [1.29, 1.82) is 10.7 Å². The number of nitrogens with zero attached hydrogens (tertiary/aromatic N) is 2. The molecule has 0 unspecified atom stereocenters. The molecule has 1 aromatic rings. The average Bonchev–Trinajstić information content (AvgIpc) is 2.60. The average molecular weight is 347 g/mol. The van der Waals surface area contributed by atoms with E-state index in [1.165, 1.54) is 19.2 Å². The molecular weight excluding hydrogens is 330 g/mol. The number of anilines is 1. The number of hydrazone groups is 1. The Morgan fingerprint density at radius 2 is 2.04 bits per heavy atom. The molecule has 6 N–H and O–H groups in total. The molecule has 11 heteroatoms. The van der Waals surface area contributed by atoms with E-state index >= 15 is 0 Å². The Morgan fingerprint density at radius 1 is 1.32 bits per heavy atom. The number of hydrazine groups is 1. The first-order valence-electron chi connectivity index (χ1n) is 6.88. The van der Waals surface area contributed by atoms with Crippen molar-refractivity contribution >= 4 is 29.2 Å². The molecule has 0 bridgehead atoms. The maximum atomic E-state index is 12.1. The lowest BCUT2D eigenvalue weighted by Crippen LogP contribution is -2.42. The van der Waals surface area contributed by atoms with Crippen molar-refractivity contribution in [2.45, 2.75) is 0 Å². The number of hydrogen-bond donors (Lipinski definition) is 5. The summed E-state index contributed by atoms with van der Waals surface area (Å²) in [5, 5.41) is 19.6. The van der Waals surface area contributed by atoms with Gasteiger partial charge in [-0.2, -0.15) is 10.4 Å². The number of hydrogen-bond acceptors (Lipinski definition) is 8. The molecule has 0 aliphatic carbocycles. The van der Waals surface area contributed by atoms with Crippen molar-refractivity contribution in [3.63, 3.8) is 0 Å². The van der Waals surface area contributed by atoms with Crippen LogP contribution in [0, 0.1) is 16.7 Å². The van der Waals surface area contributed by atoms with Gasteiger partial charge in [-0.1, -0.05) is 12.1 Å². The SMILES string of the molecule is COCCOC(=O)NNC(=O)c1ccccc1N/N=C(\C#N)C(=N)N. The molecule has 1 rings (SSSR count). The fraction of sp³-hybridized carbons (Fsp3) is 0.214. The van der Waals surface area contributed by atoms with Crippen molar-refractivity contribution < 1.29 is 19.1 Å². The number of nitrogens with one attached hydrogen (secondary N) is 4. The molecule has 0 heterocycles. The van der Waals surface area contributed by atoms with Gasteiger partial charge in [0.05, 0.1) is 17.9 Å². The molecule has 0 aliphatic rings. The van der Waals surface area contributed by atoms with E-state index in [0.717, 1.165) is 0 Å². The van der Waals surface area contributed by atoms with Gasteiger partial charge in [-0.15, -0.1) is 0 Å². The fourth-order valence-corrected chi connectivity index (χ4v) is 1.47. The van der Waals surface area contributed by atoms with Crippen LogP contribution in [0.2, 0.25) is 0 Å². The molecular formula is C14H17N7O4. The Labute approximate surface area is 143 Å². The zero-order valence-corrected chi connectivity index (χ0v) is 13.3. The number of carbonyl (C=O) groups excluding carboxylic acids is 2. The highest BCUT2D eigenvalue weighted by molar-refractivity contribution is 6.45. The monoisotopic (exact) mass is 347 g/mol. The molecule has 0 saturated heterocycles. The molecule has 2 amide bonds. The number of amidine groups is 1. The molecule has 0 atom stereocenters. The summed E-state index contributed by atoms with van der Waals surface area (Å²) < 4.78 is 9.43. The minimum atomic E-state index is -0.850. The Hall–Kier alpha value is -3.65. The third kappa shape index (κ3) is 6.55. The minimum absolute atomic E-state index is 0.0348. The first-order chi connectivity index (χ1) is 12.0. The standard InChI is InChI=1S/C14H17N7O4/c1-24-6-7-25-14(23)21-20-13(22)9-4-2-3-5-10(9)18-19-11(8-15)12(16)17/h2-5,18H,6-7H2,1H3,(H3,16,17)(H,20,22)(H,21,23)/b19-11+. The number of nitrogens with two attached hydrogens (primary N) is 1. The summed E-state index contributed by atoms with van der Waals surface area (Å²) in [4.78, 5) is 23.5. The van der Waals surface area contributed by atoms with Crippen molar-refractivity contribution in [2.24, 2.45) is 10.8 Å². The zero-order valence-electron chi connectivity index (χ0n) is 13.3. The zero-order chi connectivity index (χ0) is 18.7. The van der Waals surface area contributed by atoms with E-state index in [0.29, 0.717) is 0 Å². The quantitative estimate of drug-likeness (QED) is 0.198. The van der Waals surface area contributed by atoms with Gasteiger partial charge in [0.25, 0.3) is 5.91 Å². The lowest BCUT2D eigenvalue weighted by Gasteiger charge is -2.11. The smallest absolute Gasteiger partial charge is 0.426 e. The summed E-state index contributed by atoms with van der Waals surface area (Å²) in [6.45, 7) is 0.260. The predicted octanol–water partition coefficient (Wildman–Crippen LogP) is -0.0685. The molecule has 0 radical (unpaired) electrons. The van der Waals surface area contributed by atoms with Crippen molar-refractivity contribution in [2.75, 3.05) is 25.7 Å². The van der Waals surface area contributed by atoms with Gasteiger partial charge in [-0.3, -0.25) is 21.1 Å². The molecule has 1 aromatic carbocycles. The number of nitriles is 1. The Morgan fingerprint density at radius 3 is 2.68 bits per heavy atom. The second-order valence-electron chi connectivity index (χ2n) is 4.35. The fourth-order valence-electron chi connectivity index (χ4n) is 1.47. The van der Waals surface area contributed by atoms with E-state index in [9.17, 15) is 9.59 Å². The van der Waals surface area contributed by atoms with Crippen LogP contribution in [0.4, 0.5) is 10.5 Å². The highest BCUT2D eigenvalue weighted by Crippen LogP contribution is 2.14. The van der Waals surface area contributed by atoms with E-state index in [2.05, 4.69) is 21.4 Å².